The molecule has 2 aromatic carbocycles. The average molecular weight is 401 g/mol. The van der Waals surface area contributed by atoms with Crippen molar-refractivity contribution in [2.75, 3.05) is 41.0 Å². The van der Waals surface area contributed by atoms with Crippen LogP contribution >= 0.6 is 12.2 Å². The van der Waals surface area contributed by atoms with Gasteiger partial charge in [-0.15, -0.1) is 0 Å². The Bertz CT molecular complexity index is 798. The van der Waals surface area contributed by atoms with Crippen LogP contribution in [0.4, 0.5) is 0 Å². The fourth-order valence-electron chi connectivity index (χ4n) is 3.67. The largest absolute Gasteiger partial charge is 0.493 e. The van der Waals surface area contributed by atoms with Gasteiger partial charge in [0.05, 0.1) is 20.3 Å². The van der Waals surface area contributed by atoms with Gasteiger partial charge in [0.15, 0.2) is 16.6 Å². The Morgan fingerprint density at radius 1 is 1.11 bits per heavy atom. The fourth-order valence-corrected chi connectivity index (χ4v) is 3.97. The highest BCUT2D eigenvalue weighted by Crippen LogP contribution is 2.40. The zero-order valence-electron chi connectivity index (χ0n) is 16.7. The zero-order valence-corrected chi connectivity index (χ0v) is 17.6. The SMILES string of the molecule is COCCCNC(=S)N1CCc2cc(OC)c(OC)cc2C1c1ccccc1. The molecule has 150 valence electrons. The van der Waals surface area contributed by atoms with E-state index < -0.39 is 0 Å². The van der Waals surface area contributed by atoms with Gasteiger partial charge in [-0.1, -0.05) is 30.3 Å². The van der Waals surface area contributed by atoms with Gasteiger partial charge < -0.3 is 24.4 Å². The summed E-state index contributed by atoms with van der Waals surface area (Å²) in [6, 6.07) is 14.7. The molecule has 6 heteroatoms. The Hall–Kier alpha value is -2.31. The van der Waals surface area contributed by atoms with E-state index in [0.717, 1.165) is 49.1 Å². The van der Waals surface area contributed by atoms with E-state index in [1.165, 1.54) is 16.7 Å². The summed E-state index contributed by atoms with van der Waals surface area (Å²) < 4.78 is 16.2. The van der Waals surface area contributed by atoms with Crippen LogP contribution in [-0.2, 0) is 11.2 Å². The monoisotopic (exact) mass is 400 g/mol. The van der Waals surface area contributed by atoms with Crippen LogP contribution in [0.1, 0.15) is 29.2 Å². The van der Waals surface area contributed by atoms with Gasteiger partial charge >= 0.3 is 0 Å². The van der Waals surface area contributed by atoms with Gasteiger partial charge in [-0.3, -0.25) is 0 Å². The van der Waals surface area contributed by atoms with Gasteiger partial charge in [-0.2, -0.15) is 0 Å². The van der Waals surface area contributed by atoms with E-state index in [1.54, 1.807) is 21.3 Å². The summed E-state index contributed by atoms with van der Waals surface area (Å²) in [6.07, 6.45) is 1.82. The molecule has 3 rings (SSSR count). The van der Waals surface area contributed by atoms with Crippen LogP contribution in [0.2, 0.25) is 0 Å². The molecule has 0 bridgehead atoms. The topological polar surface area (TPSA) is 43.0 Å². The number of ether oxygens (including phenoxy) is 3. The second-order valence-corrected chi connectivity index (χ2v) is 7.13. The number of nitrogens with one attached hydrogen (secondary N) is 1. The minimum absolute atomic E-state index is 0.0344. The molecule has 0 fully saturated rings. The van der Waals surface area contributed by atoms with Crippen LogP contribution in [0.3, 0.4) is 0 Å². The molecule has 0 aliphatic carbocycles. The first-order chi connectivity index (χ1) is 13.7. The number of thiocarbonyl (C=S) groups is 1. The van der Waals surface area contributed by atoms with Crippen LogP contribution in [0.5, 0.6) is 11.5 Å². The smallest absolute Gasteiger partial charge is 0.169 e. The van der Waals surface area contributed by atoms with Gasteiger partial charge in [-0.25, -0.2) is 0 Å². The number of hydrogen-bond donors (Lipinski definition) is 1. The van der Waals surface area contributed by atoms with E-state index >= 15 is 0 Å². The maximum absolute atomic E-state index is 5.76. The predicted molar refractivity (Wildman–Crippen MR) is 115 cm³/mol. The van der Waals surface area contributed by atoms with Gasteiger partial charge in [-0.05, 0) is 53.9 Å². The van der Waals surface area contributed by atoms with Crippen LogP contribution in [0.25, 0.3) is 0 Å². The molecule has 0 radical (unpaired) electrons. The second kappa shape index (κ2) is 9.75. The molecule has 0 saturated heterocycles. The molecule has 0 amide bonds. The van der Waals surface area contributed by atoms with Crippen molar-refractivity contribution in [3.05, 3.63) is 59.2 Å². The molecule has 0 saturated carbocycles. The molecule has 0 aromatic heterocycles. The fraction of sp³-hybridized carbons (Fsp3) is 0.409. The lowest BCUT2D eigenvalue weighted by molar-refractivity contribution is 0.195. The first-order valence-electron chi connectivity index (χ1n) is 9.52. The predicted octanol–water partition coefficient (Wildman–Crippen LogP) is 3.56. The molecule has 1 atom stereocenters. The minimum atomic E-state index is 0.0344. The first kappa shape index (κ1) is 20.4. The molecule has 0 spiro atoms. The highest BCUT2D eigenvalue weighted by atomic mass is 32.1. The summed E-state index contributed by atoms with van der Waals surface area (Å²) in [5, 5.41) is 4.16. The summed E-state index contributed by atoms with van der Waals surface area (Å²) in [5.41, 5.74) is 3.68. The third-order valence-corrected chi connectivity index (χ3v) is 5.43. The highest BCUT2D eigenvalue weighted by molar-refractivity contribution is 7.80. The van der Waals surface area contributed by atoms with Crippen molar-refractivity contribution in [3.63, 3.8) is 0 Å². The van der Waals surface area contributed by atoms with Crippen molar-refractivity contribution < 1.29 is 14.2 Å². The third-order valence-electron chi connectivity index (χ3n) is 5.05. The molecule has 1 aliphatic rings. The van der Waals surface area contributed by atoms with Crippen LogP contribution in [-0.4, -0.2) is 51.0 Å². The maximum atomic E-state index is 5.76. The van der Waals surface area contributed by atoms with Gasteiger partial charge in [0.2, 0.25) is 0 Å². The van der Waals surface area contributed by atoms with Gasteiger partial charge in [0, 0.05) is 26.8 Å². The zero-order chi connectivity index (χ0) is 19.9. The number of rotatable bonds is 7. The van der Waals surface area contributed by atoms with Gasteiger partial charge in [0.1, 0.15) is 0 Å². The van der Waals surface area contributed by atoms with E-state index in [0.29, 0.717) is 0 Å². The van der Waals surface area contributed by atoms with E-state index in [2.05, 4.69) is 46.6 Å². The number of benzene rings is 2. The van der Waals surface area contributed by atoms with Crippen molar-refractivity contribution in [1.82, 2.24) is 10.2 Å². The van der Waals surface area contributed by atoms with Crippen molar-refractivity contribution in [2.24, 2.45) is 0 Å². The quantitative estimate of drug-likeness (QED) is 0.566. The molecular weight excluding hydrogens is 372 g/mol. The lowest BCUT2D eigenvalue weighted by Crippen LogP contribution is -2.46. The summed E-state index contributed by atoms with van der Waals surface area (Å²) in [6.45, 7) is 2.36. The number of hydrogen-bond acceptors (Lipinski definition) is 4. The summed E-state index contributed by atoms with van der Waals surface area (Å²) in [4.78, 5) is 2.27. The summed E-state index contributed by atoms with van der Waals surface area (Å²) >= 11 is 5.76. The minimum Gasteiger partial charge on any atom is -0.493 e. The Labute approximate surface area is 172 Å². The average Bonchev–Trinajstić information content (AvgIpc) is 2.75. The summed E-state index contributed by atoms with van der Waals surface area (Å²) in [7, 11) is 5.06. The summed E-state index contributed by atoms with van der Waals surface area (Å²) in [5.74, 6) is 1.50. The standard InChI is InChI=1S/C22H28N2O3S/c1-25-13-7-11-23-22(28)24-12-10-17-14-19(26-2)20(27-3)15-18(17)21(24)16-8-5-4-6-9-16/h4-6,8-9,14-15,21H,7,10-13H2,1-3H3,(H,23,28). The molecule has 5 nitrogen and oxygen atoms in total. The molecule has 1 unspecified atom stereocenters. The normalized spacial score (nSPS) is 15.7. The van der Waals surface area contributed by atoms with Crippen molar-refractivity contribution in [1.29, 1.82) is 0 Å². The number of methoxy groups -OCH3 is 3. The van der Waals surface area contributed by atoms with Crippen LogP contribution in [0.15, 0.2) is 42.5 Å². The maximum Gasteiger partial charge on any atom is 0.169 e. The molecule has 2 aromatic rings. The Kier molecular flexibility index (Phi) is 7.12. The van der Waals surface area contributed by atoms with Gasteiger partial charge in [0.25, 0.3) is 0 Å². The van der Waals surface area contributed by atoms with E-state index in [1.807, 2.05) is 6.07 Å². The van der Waals surface area contributed by atoms with Crippen molar-refractivity contribution >= 4 is 17.3 Å². The second-order valence-electron chi connectivity index (χ2n) is 6.74. The molecule has 1 N–H and O–H groups in total. The van der Waals surface area contributed by atoms with Crippen molar-refractivity contribution in [3.8, 4) is 11.5 Å². The Balaban J connectivity index is 1.95. The molecule has 28 heavy (non-hydrogen) atoms. The third kappa shape index (κ3) is 4.39. The highest BCUT2D eigenvalue weighted by Gasteiger charge is 2.31. The molecule has 1 aliphatic heterocycles. The number of fused-ring (bicyclic) bond motifs is 1. The Morgan fingerprint density at radius 3 is 2.50 bits per heavy atom. The number of nitrogens with zero attached hydrogens (tertiary/aromatic N) is 1. The lowest BCUT2D eigenvalue weighted by Gasteiger charge is -2.39. The molecule has 1 heterocycles. The van der Waals surface area contributed by atoms with E-state index in [-0.39, 0.29) is 6.04 Å². The van der Waals surface area contributed by atoms with E-state index in [4.69, 9.17) is 26.4 Å². The molecular formula is C22H28N2O3S. The first-order valence-corrected chi connectivity index (χ1v) is 9.93. The lowest BCUT2D eigenvalue weighted by atomic mass is 9.88. The van der Waals surface area contributed by atoms with Crippen LogP contribution in [0, 0.1) is 0 Å². The van der Waals surface area contributed by atoms with Crippen molar-refractivity contribution in [2.45, 2.75) is 18.9 Å². The Morgan fingerprint density at radius 2 is 1.82 bits per heavy atom. The van der Waals surface area contributed by atoms with Crippen LogP contribution < -0.4 is 14.8 Å². The van der Waals surface area contributed by atoms with E-state index in [9.17, 15) is 0 Å².